The van der Waals surface area contributed by atoms with Crippen LogP contribution in [0.5, 0.6) is 0 Å². The van der Waals surface area contributed by atoms with Crippen LogP contribution in [0.4, 0.5) is 10.2 Å². The van der Waals surface area contributed by atoms with E-state index in [4.69, 9.17) is 11.6 Å². The molecule has 0 spiro atoms. The Kier molecular flexibility index (Phi) is 6.46. The minimum absolute atomic E-state index is 0.0999. The highest BCUT2D eigenvalue weighted by atomic mass is 35.5. The van der Waals surface area contributed by atoms with E-state index in [-0.39, 0.29) is 15.5 Å². The Morgan fingerprint density at radius 1 is 1.28 bits per heavy atom. The van der Waals surface area contributed by atoms with Crippen molar-refractivity contribution < 1.29 is 12.8 Å². The summed E-state index contributed by atoms with van der Waals surface area (Å²) >= 11 is 5.89. The SMILES string of the molecule is CCN(CC)S(=O)(=O)c1ccc(N/N=C/c2c(F)cccc2Cl)nc1. The van der Waals surface area contributed by atoms with Crippen LogP contribution >= 0.6 is 11.6 Å². The second kappa shape index (κ2) is 8.37. The molecule has 9 heteroatoms. The van der Waals surface area contributed by atoms with Gasteiger partial charge in [-0.05, 0) is 24.3 Å². The summed E-state index contributed by atoms with van der Waals surface area (Å²) in [6.45, 7) is 4.30. The van der Waals surface area contributed by atoms with Gasteiger partial charge < -0.3 is 0 Å². The van der Waals surface area contributed by atoms with Crippen molar-refractivity contribution >= 4 is 33.7 Å². The van der Waals surface area contributed by atoms with Gasteiger partial charge >= 0.3 is 0 Å². The van der Waals surface area contributed by atoms with Gasteiger partial charge in [0.25, 0.3) is 0 Å². The molecule has 0 unspecified atom stereocenters. The summed E-state index contributed by atoms with van der Waals surface area (Å²) < 4.78 is 39.7. The maximum absolute atomic E-state index is 13.6. The van der Waals surface area contributed by atoms with Crippen molar-refractivity contribution in [3.05, 3.63) is 52.9 Å². The number of aromatic nitrogens is 1. The number of hydrazone groups is 1. The molecule has 0 aliphatic rings. The van der Waals surface area contributed by atoms with Gasteiger partial charge in [0, 0.05) is 24.8 Å². The minimum Gasteiger partial charge on any atom is -0.261 e. The Bertz CT molecular complexity index is 833. The predicted octanol–water partition coefficient (Wildman–Crippen LogP) is 3.35. The highest BCUT2D eigenvalue weighted by Gasteiger charge is 2.21. The average molecular weight is 385 g/mol. The van der Waals surface area contributed by atoms with Crippen molar-refractivity contribution in [2.24, 2.45) is 5.10 Å². The van der Waals surface area contributed by atoms with Gasteiger partial charge in [-0.3, -0.25) is 5.43 Å². The number of hydrogen-bond acceptors (Lipinski definition) is 5. The number of benzene rings is 1. The van der Waals surface area contributed by atoms with Crippen LogP contribution < -0.4 is 5.43 Å². The van der Waals surface area contributed by atoms with Gasteiger partial charge in [-0.25, -0.2) is 17.8 Å². The lowest BCUT2D eigenvalue weighted by Gasteiger charge is -2.18. The van der Waals surface area contributed by atoms with E-state index in [0.29, 0.717) is 18.9 Å². The van der Waals surface area contributed by atoms with Gasteiger partial charge in [-0.2, -0.15) is 9.41 Å². The van der Waals surface area contributed by atoms with Crippen molar-refractivity contribution in [1.82, 2.24) is 9.29 Å². The average Bonchev–Trinajstić information content (AvgIpc) is 2.59. The molecule has 0 radical (unpaired) electrons. The highest BCUT2D eigenvalue weighted by Crippen LogP contribution is 2.18. The lowest BCUT2D eigenvalue weighted by Crippen LogP contribution is -2.30. The molecule has 6 nitrogen and oxygen atoms in total. The first-order chi connectivity index (χ1) is 11.9. The van der Waals surface area contributed by atoms with Crippen molar-refractivity contribution in [2.45, 2.75) is 18.7 Å². The number of sulfonamides is 1. The van der Waals surface area contributed by atoms with E-state index in [1.165, 1.54) is 41.0 Å². The lowest BCUT2D eigenvalue weighted by molar-refractivity contribution is 0.445. The fraction of sp³-hybridized carbons (Fsp3) is 0.250. The summed E-state index contributed by atoms with van der Waals surface area (Å²) in [6.07, 6.45) is 2.49. The summed E-state index contributed by atoms with van der Waals surface area (Å²) in [7, 11) is -3.56. The molecule has 0 aliphatic heterocycles. The minimum atomic E-state index is -3.56. The number of halogens is 2. The van der Waals surface area contributed by atoms with Crippen molar-refractivity contribution in [1.29, 1.82) is 0 Å². The van der Waals surface area contributed by atoms with E-state index in [2.05, 4.69) is 15.5 Å². The number of pyridine rings is 1. The molecule has 0 amide bonds. The third kappa shape index (κ3) is 4.53. The maximum Gasteiger partial charge on any atom is 0.244 e. The van der Waals surface area contributed by atoms with Crippen LogP contribution in [0, 0.1) is 5.82 Å². The van der Waals surface area contributed by atoms with Crippen molar-refractivity contribution in [3.63, 3.8) is 0 Å². The van der Waals surface area contributed by atoms with Crippen LogP contribution in [-0.4, -0.2) is 37.0 Å². The topological polar surface area (TPSA) is 74.7 Å². The largest absolute Gasteiger partial charge is 0.261 e. The molecule has 1 aromatic carbocycles. The van der Waals surface area contributed by atoms with E-state index in [1.54, 1.807) is 19.9 Å². The second-order valence-corrected chi connectivity index (χ2v) is 7.32. The van der Waals surface area contributed by atoms with Gasteiger partial charge in [0.2, 0.25) is 10.0 Å². The number of rotatable bonds is 7. The molecular formula is C16H18ClFN4O2S. The third-order valence-corrected chi connectivity index (χ3v) is 5.82. The summed E-state index contributed by atoms with van der Waals surface area (Å²) in [5, 5.41) is 4.11. The Morgan fingerprint density at radius 3 is 2.56 bits per heavy atom. The zero-order valence-corrected chi connectivity index (χ0v) is 15.4. The molecule has 0 aliphatic carbocycles. The molecule has 0 fully saturated rings. The van der Waals surface area contributed by atoms with Gasteiger partial charge in [-0.1, -0.05) is 31.5 Å². The molecular weight excluding hydrogens is 367 g/mol. The Labute approximate surface area is 151 Å². The highest BCUT2D eigenvalue weighted by molar-refractivity contribution is 7.89. The Balaban J connectivity index is 2.12. The third-order valence-electron chi connectivity index (χ3n) is 3.45. The number of nitrogens with zero attached hydrogens (tertiary/aromatic N) is 3. The summed E-state index contributed by atoms with van der Waals surface area (Å²) in [5.41, 5.74) is 2.76. The standard InChI is InChI=1S/C16H18ClFN4O2S/c1-3-22(4-2)25(23,24)12-8-9-16(19-10-12)21-20-11-13-14(17)6-5-7-15(13)18/h5-11H,3-4H2,1-2H3,(H,19,21)/b20-11+. The zero-order valence-electron chi connectivity index (χ0n) is 13.8. The van der Waals surface area contributed by atoms with Gasteiger partial charge in [0.1, 0.15) is 16.5 Å². The van der Waals surface area contributed by atoms with Crippen molar-refractivity contribution in [2.75, 3.05) is 18.5 Å². The summed E-state index contributed by atoms with van der Waals surface area (Å²) in [5.74, 6) is -0.172. The number of hydrogen-bond donors (Lipinski definition) is 1. The Morgan fingerprint density at radius 2 is 2.00 bits per heavy atom. The first kappa shape index (κ1) is 19.3. The first-order valence-corrected chi connectivity index (χ1v) is 9.41. The van der Waals surface area contributed by atoms with Crippen LogP contribution in [0.1, 0.15) is 19.4 Å². The van der Waals surface area contributed by atoms with Gasteiger partial charge in [0.15, 0.2) is 0 Å². The molecule has 1 N–H and O–H groups in total. The molecule has 2 aromatic rings. The van der Waals surface area contributed by atoms with Crippen LogP contribution in [0.15, 0.2) is 46.5 Å². The molecule has 1 heterocycles. The molecule has 25 heavy (non-hydrogen) atoms. The monoisotopic (exact) mass is 384 g/mol. The second-order valence-electron chi connectivity index (χ2n) is 4.97. The van der Waals surface area contributed by atoms with Gasteiger partial charge in [-0.15, -0.1) is 0 Å². The summed E-state index contributed by atoms with van der Waals surface area (Å²) in [4.78, 5) is 4.11. The lowest BCUT2D eigenvalue weighted by atomic mass is 10.2. The molecule has 0 bridgehead atoms. The quantitative estimate of drug-likeness (QED) is 0.586. The fourth-order valence-electron chi connectivity index (χ4n) is 2.11. The first-order valence-electron chi connectivity index (χ1n) is 7.59. The smallest absolute Gasteiger partial charge is 0.244 e. The van der Waals surface area contributed by atoms with E-state index in [9.17, 15) is 12.8 Å². The maximum atomic E-state index is 13.6. The molecule has 0 saturated carbocycles. The van der Waals surface area contributed by atoms with Crippen LogP contribution in [0.25, 0.3) is 0 Å². The van der Waals surface area contributed by atoms with Crippen molar-refractivity contribution in [3.8, 4) is 0 Å². The Hall–Kier alpha value is -2.03. The molecule has 0 saturated heterocycles. The van der Waals surface area contributed by atoms with Crippen LogP contribution in [0.2, 0.25) is 5.02 Å². The molecule has 1 aromatic heterocycles. The normalized spacial score (nSPS) is 12.0. The van der Waals surface area contributed by atoms with Crippen LogP contribution in [0.3, 0.4) is 0 Å². The van der Waals surface area contributed by atoms with E-state index in [1.807, 2.05) is 0 Å². The molecule has 134 valence electrons. The fourth-order valence-corrected chi connectivity index (χ4v) is 3.72. The number of nitrogens with one attached hydrogen (secondary N) is 1. The van der Waals surface area contributed by atoms with Crippen LogP contribution in [-0.2, 0) is 10.0 Å². The number of anilines is 1. The predicted molar refractivity (Wildman–Crippen MR) is 97.0 cm³/mol. The molecule has 0 atom stereocenters. The van der Waals surface area contributed by atoms with E-state index >= 15 is 0 Å². The van der Waals surface area contributed by atoms with E-state index in [0.717, 1.165) is 0 Å². The van der Waals surface area contributed by atoms with Gasteiger partial charge in [0.05, 0.1) is 11.2 Å². The van der Waals surface area contributed by atoms with E-state index < -0.39 is 15.8 Å². The molecule has 2 rings (SSSR count). The zero-order chi connectivity index (χ0) is 18.4. The summed E-state index contributed by atoms with van der Waals surface area (Å²) in [6, 6.07) is 7.25.